The van der Waals surface area contributed by atoms with Crippen LogP contribution in [0.3, 0.4) is 0 Å². The first-order valence-electron chi connectivity index (χ1n) is 5.89. The molecule has 2 aromatic rings. The summed E-state index contributed by atoms with van der Waals surface area (Å²) in [7, 11) is 0. The fraction of sp³-hybridized carbons (Fsp3) is 0.133. The zero-order chi connectivity index (χ0) is 13.8. The number of rotatable bonds is 3. The lowest BCUT2D eigenvalue weighted by Gasteiger charge is -2.15. The van der Waals surface area contributed by atoms with Gasteiger partial charge in [-0.25, -0.2) is 0 Å². The minimum absolute atomic E-state index is 0.0938. The van der Waals surface area contributed by atoms with Gasteiger partial charge < -0.3 is 5.32 Å². The molecule has 0 aromatic heterocycles. The molecule has 0 saturated heterocycles. The summed E-state index contributed by atoms with van der Waals surface area (Å²) in [5.74, 6) is -0.233. The number of hydrogen-bond donors (Lipinski definition) is 1. The highest BCUT2D eigenvalue weighted by Crippen LogP contribution is 2.26. The first-order chi connectivity index (χ1) is 9.09. The summed E-state index contributed by atoms with van der Waals surface area (Å²) in [6, 6.07) is 14.7. The largest absolute Gasteiger partial charge is 0.345 e. The Morgan fingerprint density at radius 1 is 1.05 bits per heavy atom. The molecular weight excluding hydrogens is 281 g/mol. The molecule has 1 atom stereocenters. The molecule has 0 radical (unpaired) electrons. The van der Waals surface area contributed by atoms with E-state index in [1.54, 1.807) is 18.2 Å². The van der Waals surface area contributed by atoms with Crippen molar-refractivity contribution in [3.8, 4) is 0 Å². The highest BCUT2D eigenvalue weighted by atomic mass is 35.5. The first kappa shape index (κ1) is 13.9. The first-order valence-corrected chi connectivity index (χ1v) is 6.65. The molecular formula is C15H13Cl2NO. The normalized spacial score (nSPS) is 11.9. The van der Waals surface area contributed by atoms with Crippen LogP contribution in [0.15, 0.2) is 48.5 Å². The van der Waals surface area contributed by atoms with Crippen LogP contribution in [0.2, 0.25) is 10.0 Å². The van der Waals surface area contributed by atoms with Gasteiger partial charge in [0.15, 0.2) is 0 Å². The summed E-state index contributed by atoms with van der Waals surface area (Å²) < 4.78 is 0. The van der Waals surface area contributed by atoms with Crippen molar-refractivity contribution in [2.75, 3.05) is 0 Å². The van der Waals surface area contributed by atoms with E-state index >= 15 is 0 Å². The molecule has 1 amide bonds. The number of hydrogen-bond acceptors (Lipinski definition) is 1. The van der Waals surface area contributed by atoms with Gasteiger partial charge in [-0.15, -0.1) is 0 Å². The molecule has 19 heavy (non-hydrogen) atoms. The van der Waals surface area contributed by atoms with Gasteiger partial charge in [0.2, 0.25) is 0 Å². The van der Waals surface area contributed by atoms with E-state index in [4.69, 9.17) is 23.2 Å². The van der Waals surface area contributed by atoms with Gasteiger partial charge in [-0.05, 0) is 24.6 Å². The average Bonchev–Trinajstić information content (AvgIpc) is 2.42. The van der Waals surface area contributed by atoms with Gasteiger partial charge in [-0.2, -0.15) is 0 Å². The molecule has 0 fully saturated rings. The van der Waals surface area contributed by atoms with Crippen LogP contribution >= 0.6 is 23.2 Å². The Morgan fingerprint density at radius 2 is 1.74 bits per heavy atom. The van der Waals surface area contributed by atoms with E-state index < -0.39 is 0 Å². The second kappa shape index (κ2) is 6.09. The monoisotopic (exact) mass is 293 g/mol. The van der Waals surface area contributed by atoms with Gasteiger partial charge >= 0.3 is 0 Å². The Hall–Kier alpha value is -1.51. The highest BCUT2D eigenvalue weighted by Gasteiger charge is 2.15. The van der Waals surface area contributed by atoms with Crippen LogP contribution in [0.1, 0.15) is 28.9 Å². The molecule has 0 aliphatic rings. The summed E-state index contributed by atoms with van der Waals surface area (Å²) in [5.41, 5.74) is 1.42. The molecule has 0 aliphatic carbocycles. The molecule has 1 N–H and O–H groups in total. The number of halogens is 2. The Balaban J connectivity index is 2.16. The average molecular weight is 294 g/mol. The van der Waals surface area contributed by atoms with Gasteiger partial charge in [-0.1, -0.05) is 59.6 Å². The molecule has 0 spiro atoms. The maximum absolute atomic E-state index is 12.1. The smallest absolute Gasteiger partial charge is 0.253 e. The van der Waals surface area contributed by atoms with Crippen molar-refractivity contribution in [1.29, 1.82) is 0 Å². The molecule has 0 heterocycles. The second-order valence-corrected chi connectivity index (χ2v) is 4.99. The molecule has 4 heteroatoms. The molecule has 0 unspecified atom stereocenters. The number of nitrogens with one attached hydrogen (secondary N) is 1. The van der Waals surface area contributed by atoms with Gasteiger partial charge in [0.25, 0.3) is 5.91 Å². The Bertz CT molecular complexity index is 584. The molecule has 2 nitrogen and oxygen atoms in total. The fourth-order valence-electron chi connectivity index (χ4n) is 1.78. The Kier molecular flexibility index (Phi) is 4.46. The van der Waals surface area contributed by atoms with Crippen molar-refractivity contribution >= 4 is 29.1 Å². The maximum Gasteiger partial charge on any atom is 0.253 e. The van der Waals surface area contributed by atoms with Gasteiger partial charge in [0.05, 0.1) is 21.7 Å². The lowest BCUT2D eigenvalue weighted by atomic mass is 10.1. The third kappa shape index (κ3) is 3.28. The van der Waals surface area contributed by atoms with E-state index in [-0.39, 0.29) is 17.0 Å². The zero-order valence-corrected chi connectivity index (χ0v) is 11.9. The molecule has 0 bridgehead atoms. The van der Waals surface area contributed by atoms with E-state index in [0.29, 0.717) is 10.6 Å². The summed E-state index contributed by atoms with van der Waals surface area (Å²) in [6.45, 7) is 1.92. The van der Waals surface area contributed by atoms with Crippen molar-refractivity contribution < 1.29 is 4.79 Å². The number of carbonyl (C=O) groups is 1. The molecule has 98 valence electrons. The van der Waals surface area contributed by atoms with Crippen molar-refractivity contribution in [3.05, 3.63) is 69.7 Å². The van der Waals surface area contributed by atoms with E-state index in [2.05, 4.69) is 5.32 Å². The molecule has 2 rings (SSSR count). The summed E-state index contributed by atoms with van der Waals surface area (Å²) in [5, 5.41) is 3.55. The molecule has 0 saturated carbocycles. The van der Waals surface area contributed by atoms with Crippen molar-refractivity contribution in [1.82, 2.24) is 5.32 Å². The Labute approximate surface area is 122 Å². The SMILES string of the molecule is C[C@H](NC(=O)c1cccc(Cl)c1Cl)c1ccccc1. The van der Waals surface area contributed by atoms with Crippen LogP contribution in [0.25, 0.3) is 0 Å². The van der Waals surface area contributed by atoms with Crippen molar-refractivity contribution in [2.45, 2.75) is 13.0 Å². The summed E-state index contributed by atoms with van der Waals surface area (Å²) in [4.78, 5) is 12.1. The standard InChI is InChI=1S/C15H13Cl2NO/c1-10(11-6-3-2-4-7-11)18-15(19)12-8-5-9-13(16)14(12)17/h2-10H,1H3,(H,18,19)/t10-/m0/s1. The van der Waals surface area contributed by atoms with Crippen LogP contribution in [-0.2, 0) is 0 Å². The number of benzene rings is 2. The molecule has 2 aromatic carbocycles. The number of carbonyl (C=O) groups excluding carboxylic acids is 1. The molecule has 0 aliphatic heterocycles. The third-order valence-electron chi connectivity index (χ3n) is 2.84. The van der Waals surface area contributed by atoms with Gasteiger partial charge in [0.1, 0.15) is 0 Å². The second-order valence-electron chi connectivity index (χ2n) is 4.21. The highest BCUT2D eigenvalue weighted by molar-refractivity contribution is 6.43. The lowest BCUT2D eigenvalue weighted by Crippen LogP contribution is -2.26. The van der Waals surface area contributed by atoms with Gasteiger partial charge in [-0.3, -0.25) is 4.79 Å². The van der Waals surface area contributed by atoms with Crippen LogP contribution < -0.4 is 5.32 Å². The van der Waals surface area contributed by atoms with Crippen molar-refractivity contribution in [2.24, 2.45) is 0 Å². The van der Waals surface area contributed by atoms with E-state index in [9.17, 15) is 4.79 Å². The van der Waals surface area contributed by atoms with Crippen LogP contribution in [-0.4, -0.2) is 5.91 Å². The maximum atomic E-state index is 12.1. The third-order valence-corrected chi connectivity index (χ3v) is 3.66. The van der Waals surface area contributed by atoms with Crippen LogP contribution in [0.5, 0.6) is 0 Å². The van der Waals surface area contributed by atoms with Gasteiger partial charge in [0, 0.05) is 0 Å². The Morgan fingerprint density at radius 3 is 2.42 bits per heavy atom. The van der Waals surface area contributed by atoms with E-state index in [0.717, 1.165) is 5.56 Å². The quantitative estimate of drug-likeness (QED) is 0.888. The number of amides is 1. The summed E-state index contributed by atoms with van der Waals surface area (Å²) in [6.07, 6.45) is 0. The van der Waals surface area contributed by atoms with E-state index in [1.807, 2.05) is 37.3 Å². The predicted octanol–water partition coefficient (Wildman–Crippen LogP) is 4.48. The summed E-state index contributed by atoms with van der Waals surface area (Å²) >= 11 is 11.9. The fourth-order valence-corrected chi connectivity index (χ4v) is 2.16. The van der Waals surface area contributed by atoms with Crippen molar-refractivity contribution in [3.63, 3.8) is 0 Å². The minimum atomic E-state index is -0.233. The van der Waals surface area contributed by atoms with Crippen LogP contribution in [0.4, 0.5) is 0 Å². The predicted molar refractivity (Wildman–Crippen MR) is 78.8 cm³/mol. The van der Waals surface area contributed by atoms with Crippen LogP contribution in [0, 0.1) is 0 Å². The topological polar surface area (TPSA) is 29.1 Å². The van der Waals surface area contributed by atoms with E-state index in [1.165, 1.54) is 0 Å². The lowest BCUT2D eigenvalue weighted by molar-refractivity contribution is 0.0940. The minimum Gasteiger partial charge on any atom is -0.345 e. The zero-order valence-electron chi connectivity index (χ0n) is 10.4.